The SMILES string of the molecule is CC(C)C[C@@H](NC(=O)[C@@H](Cc1ccccc1)NC(=O)[C@H](N)Cc1ccccc1)C(=O)N[C@H](CCCCN)C(=O)N1CCC(N)(C(=O)O)CC1.O=C(O)C(F)(F)F.O=C(O)C(F)(F)F.O=C(O)C(F)(F)F. The second kappa shape index (κ2) is 29.5. The van der Waals surface area contributed by atoms with Crippen molar-refractivity contribution in [2.45, 2.75) is 113 Å². The Labute approximate surface area is 394 Å². The van der Waals surface area contributed by atoms with Crippen LogP contribution in [-0.4, -0.2) is 141 Å². The van der Waals surface area contributed by atoms with Gasteiger partial charge in [0.25, 0.3) is 0 Å². The lowest BCUT2D eigenvalue weighted by molar-refractivity contribution is -0.193. The smallest absolute Gasteiger partial charge is 0.480 e. The number of nitrogens with two attached hydrogens (primary N) is 3. The molecule has 1 fully saturated rings. The molecule has 0 aliphatic carbocycles. The molecule has 0 unspecified atom stereocenters. The summed E-state index contributed by atoms with van der Waals surface area (Å²) in [5.74, 6) is -11.3. The molecule has 13 N–H and O–H groups in total. The molecule has 2 aromatic rings. The van der Waals surface area contributed by atoms with E-state index in [9.17, 15) is 68.6 Å². The van der Waals surface area contributed by atoms with Crippen molar-refractivity contribution in [2.24, 2.45) is 23.1 Å². The third kappa shape index (κ3) is 25.2. The van der Waals surface area contributed by atoms with Crippen molar-refractivity contribution >= 4 is 47.5 Å². The Bertz CT molecular complexity index is 1950. The summed E-state index contributed by atoms with van der Waals surface area (Å²) >= 11 is 0. The van der Waals surface area contributed by atoms with Gasteiger partial charge in [-0.15, -0.1) is 0 Å². The highest BCUT2D eigenvalue weighted by Crippen LogP contribution is 2.22. The predicted octanol–water partition coefficient (Wildman–Crippen LogP) is 2.73. The van der Waals surface area contributed by atoms with Crippen LogP contribution < -0.4 is 33.2 Å². The van der Waals surface area contributed by atoms with Gasteiger partial charge in [0.1, 0.15) is 23.7 Å². The van der Waals surface area contributed by atoms with Crippen molar-refractivity contribution in [1.82, 2.24) is 20.9 Å². The number of rotatable bonds is 18. The first-order chi connectivity index (χ1) is 32.2. The minimum absolute atomic E-state index is 0.000286. The van der Waals surface area contributed by atoms with Crippen LogP contribution in [0.5, 0.6) is 0 Å². The van der Waals surface area contributed by atoms with Crippen LogP contribution in [0.15, 0.2) is 60.7 Å². The quantitative estimate of drug-likeness (QED) is 0.0758. The number of carbonyl (C=O) groups excluding carboxylic acids is 4. The minimum Gasteiger partial charge on any atom is -0.480 e. The Morgan fingerprint density at radius 1 is 0.614 bits per heavy atom. The van der Waals surface area contributed by atoms with Crippen LogP contribution >= 0.6 is 0 Å². The first kappa shape index (κ1) is 63.4. The van der Waals surface area contributed by atoms with Gasteiger partial charge < -0.3 is 58.5 Å². The third-order valence-electron chi connectivity index (χ3n) is 9.57. The number of hydrogen-bond donors (Lipinski definition) is 10. The maximum absolute atomic E-state index is 13.9. The third-order valence-corrected chi connectivity index (χ3v) is 9.57. The molecule has 0 spiro atoms. The number of likely N-dealkylation sites (tertiary alicyclic amines) is 1. The van der Waals surface area contributed by atoms with Gasteiger partial charge in [-0.2, -0.15) is 39.5 Å². The van der Waals surface area contributed by atoms with Crippen molar-refractivity contribution in [3.8, 4) is 0 Å². The van der Waals surface area contributed by atoms with Gasteiger partial charge in [0.05, 0.1) is 6.04 Å². The van der Waals surface area contributed by atoms with Crippen LogP contribution in [-0.2, 0) is 51.2 Å². The lowest BCUT2D eigenvalue weighted by Crippen LogP contribution is -2.60. The molecule has 28 heteroatoms. The summed E-state index contributed by atoms with van der Waals surface area (Å²) in [4.78, 5) is 94.4. The number of carboxylic acids is 4. The highest BCUT2D eigenvalue weighted by atomic mass is 19.4. The van der Waals surface area contributed by atoms with Gasteiger partial charge in [-0.3, -0.25) is 24.0 Å². The summed E-state index contributed by atoms with van der Waals surface area (Å²) in [5.41, 5.74) is 18.2. The van der Waals surface area contributed by atoms with Gasteiger partial charge in [-0.25, -0.2) is 14.4 Å². The number of aliphatic carboxylic acids is 4. The molecule has 2 aromatic carbocycles. The van der Waals surface area contributed by atoms with Gasteiger partial charge in [-0.05, 0) is 68.5 Å². The Morgan fingerprint density at radius 2 is 0.986 bits per heavy atom. The summed E-state index contributed by atoms with van der Waals surface area (Å²) in [6.07, 6.45) is -12.8. The van der Waals surface area contributed by atoms with Crippen LogP contribution in [0, 0.1) is 5.92 Å². The molecule has 19 nitrogen and oxygen atoms in total. The lowest BCUT2D eigenvalue weighted by Gasteiger charge is -2.38. The van der Waals surface area contributed by atoms with E-state index in [1.165, 1.54) is 4.90 Å². The van der Waals surface area contributed by atoms with E-state index in [-0.39, 0.29) is 57.0 Å². The zero-order valence-electron chi connectivity index (χ0n) is 37.6. The number of amides is 4. The number of alkyl halides is 9. The summed E-state index contributed by atoms with van der Waals surface area (Å²) in [5, 5.41) is 39.4. The van der Waals surface area contributed by atoms with Crippen molar-refractivity contribution in [1.29, 1.82) is 0 Å². The van der Waals surface area contributed by atoms with Crippen molar-refractivity contribution in [2.75, 3.05) is 19.6 Å². The first-order valence-electron chi connectivity index (χ1n) is 20.8. The molecule has 3 rings (SSSR count). The number of unbranched alkanes of at least 4 members (excludes halogenated alkanes) is 1. The van der Waals surface area contributed by atoms with Crippen LogP contribution in [0.1, 0.15) is 63.5 Å². The van der Waals surface area contributed by atoms with E-state index in [4.69, 9.17) is 46.9 Å². The van der Waals surface area contributed by atoms with Gasteiger partial charge in [0, 0.05) is 19.5 Å². The predicted molar refractivity (Wildman–Crippen MR) is 228 cm³/mol. The number of halogens is 9. The zero-order chi connectivity index (χ0) is 54.2. The van der Waals surface area contributed by atoms with Gasteiger partial charge in [-0.1, -0.05) is 74.5 Å². The molecular weight excluding hydrogens is 965 g/mol. The number of hydrogen-bond acceptors (Lipinski definition) is 11. The van der Waals surface area contributed by atoms with E-state index < -0.39 is 89.8 Å². The molecular formula is C42H56F9N7O12. The second-order valence-electron chi connectivity index (χ2n) is 15.8. The summed E-state index contributed by atoms with van der Waals surface area (Å²) in [6, 6.07) is 14.7. The Morgan fingerprint density at radius 3 is 1.36 bits per heavy atom. The standard InChI is InChI=1S/C36H53N7O6.3C2HF3O2/c1-24(2)21-29(32(45)40-28(15-9-10-18-37)34(47)43-19-16-36(39,17-20-43)35(48)49)42-33(46)30(23-26-13-7-4-8-14-26)41-31(44)27(38)22-25-11-5-3-6-12-25;3*3-2(4,5)1(6)7/h3-8,11-14,24,27-30H,9-10,15-23,37-39H2,1-2H3,(H,40,45)(H,41,44)(H,42,46)(H,48,49);3*(H,6,7)/t27-,28-,29-,30-;;;/m1.../s1. The van der Waals surface area contributed by atoms with E-state index in [0.717, 1.165) is 11.1 Å². The van der Waals surface area contributed by atoms with Crippen LogP contribution in [0.3, 0.4) is 0 Å². The minimum atomic E-state index is -5.08. The van der Waals surface area contributed by atoms with Gasteiger partial charge in [0.2, 0.25) is 23.6 Å². The van der Waals surface area contributed by atoms with Gasteiger partial charge in [0.15, 0.2) is 0 Å². The first-order valence-corrected chi connectivity index (χ1v) is 20.8. The largest absolute Gasteiger partial charge is 0.490 e. The fraction of sp³-hybridized carbons (Fsp3) is 0.524. The number of nitrogens with one attached hydrogen (secondary N) is 3. The van der Waals surface area contributed by atoms with Crippen LogP contribution in [0.4, 0.5) is 39.5 Å². The molecule has 1 saturated heterocycles. The van der Waals surface area contributed by atoms with Crippen molar-refractivity contribution in [3.63, 3.8) is 0 Å². The lowest BCUT2D eigenvalue weighted by atomic mass is 9.88. The molecule has 0 saturated carbocycles. The van der Waals surface area contributed by atoms with Crippen LogP contribution in [0.25, 0.3) is 0 Å². The molecule has 1 aliphatic heterocycles. The Kier molecular flexibility index (Phi) is 26.7. The number of carbonyl (C=O) groups is 8. The fourth-order valence-electron chi connectivity index (χ4n) is 5.86. The molecule has 0 aromatic heterocycles. The number of piperidine rings is 1. The average Bonchev–Trinajstić information content (AvgIpc) is 3.25. The van der Waals surface area contributed by atoms with E-state index in [1.54, 1.807) is 0 Å². The van der Waals surface area contributed by atoms with Crippen molar-refractivity contribution in [3.05, 3.63) is 71.8 Å². The molecule has 1 heterocycles. The number of benzene rings is 2. The van der Waals surface area contributed by atoms with Crippen LogP contribution in [0.2, 0.25) is 0 Å². The number of carboxylic acid groups (broad SMARTS) is 4. The number of nitrogens with zero attached hydrogens (tertiary/aromatic N) is 1. The molecule has 1 aliphatic rings. The monoisotopic (exact) mass is 1020 g/mol. The summed E-state index contributed by atoms with van der Waals surface area (Å²) in [7, 11) is 0. The van der Waals surface area contributed by atoms with E-state index in [2.05, 4.69) is 16.0 Å². The fourth-order valence-corrected chi connectivity index (χ4v) is 5.86. The molecule has 4 amide bonds. The maximum Gasteiger partial charge on any atom is 0.490 e. The normalized spacial score (nSPS) is 15.0. The Hall–Kier alpha value is -6.55. The molecule has 4 atom stereocenters. The highest BCUT2D eigenvalue weighted by Gasteiger charge is 2.42. The molecule has 0 bridgehead atoms. The van der Waals surface area contributed by atoms with E-state index >= 15 is 0 Å². The molecule has 0 radical (unpaired) electrons. The second-order valence-corrected chi connectivity index (χ2v) is 15.8. The van der Waals surface area contributed by atoms with E-state index in [0.29, 0.717) is 25.8 Å². The highest BCUT2D eigenvalue weighted by molar-refractivity contribution is 5.95. The summed E-state index contributed by atoms with van der Waals surface area (Å²) in [6.45, 7) is 4.53. The van der Waals surface area contributed by atoms with E-state index in [1.807, 2.05) is 74.5 Å². The topological polar surface area (TPSA) is 335 Å². The average molecular weight is 1020 g/mol. The maximum atomic E-state index is 13.9. The zero-order valence-corrected chi connectivity index (χ0v) is 37.6. The summed E-state index contributed by atoms with van der Waals surface area (Å²) < 4.78 is 95.2. The van der Waals surface area contributed by atoms with Crippen molar-refractivity contribution < 1.29 is 98.3 Å². The Balaban J connectivity index is 0.00000187. The molecule has 70 heavy (non-hydrogen) atoms. The molecule has 394 valence electrons. The van der Waals surface area contributed by atoms with Gasteiger partial charge >= 0.3 is 42.4 Å².